The topological polar surface area (TPSA) is 24.9 Å². The van der Waals surface area contributed by atoms with E-state index >= 15 is 0 Å². The summed E-state index contributed by atoms with van der Waals surface area (Å²) in [7, 11) is 0. The zero-order valence-electron chi connectivity index (χ0n) is 7.40. The lowest BCUT2D eigenvalue weighted by Gasteiger charge is -2.03. The normalized spacial score (nSPS) is 10.1. The average molecular weight is 269 g/mol. The van der Waals surface area contributed by atoms with Crippen LogP contribution in [0.15, 0.2) is 40.4 Å². The fourth-order valence-corrected chi connectivity index (χ4v) is 2.54. The number of pyridine rings is 1. The quantitative estimate of drug-likeness (QED) is 0.922. The molecule has 2 rings (SSSR count). The smallest absolute Gasteiger partial charge is 0.0505 e. The molecule has 0 aliphatic rings. The van der Waals surface area contributed by atoms with Crippen LogP contribution in [-0.2, 0) is 6.54 Å². The molecule has 2 aromatic heterocycles. The van der Waals surface area contributed by atoms with Crippen LogP contribution in [0, 0.1) is 0 Å². The van der Waals surface area contributed by atoms with Crippen LogP contribution in [-0.4, -0.2) is 4.98 Å². The number of nitrogens with zero attached hydrogens (tertiary/aromatic N) is 1. The highest BCUT2D eigenvalue weighted by Crippen LogP contribution is 2.23. The second-order valence-electron chi connectivity index (χ2n) is 2.78. The number of thiophene rings is 1. The summed E-state index contributed by atoms with van der Waals surface area (Å²) < 4.78 is 1.17. The Morgan fingerprint density at radius 1 is 1.29 bits per heavy atom. The molecule has 0 unspecified atom stereocenters. The van der Waals surface area contributed by atoms with E-state index in [1.54, 1.807) is 23.7 Å². The molecule has 0 spiro atoms. The highest BCUT2D eigenvalue weighted by Gasteiger charge is 1.99. The molecular weight excluding hydrogens is 260 g/mol. The van der Waals surface area contributed by atoms with Crippen molar-refractivity contribution in [1.82, 2.24) is 4.98 Å². The Hall–Kier alpha value is -0.870. The Morgan fingerprint density at radius 3 is 2.71 bits per heavy atom. The van der Waals surface area contributed by atoms with Gasteiger partial charge in [0.05, 0.1) is 6.54 Å². The van der Waals surface area contributed by atoms with Crippen LogP contribution in [0.5, 0.6) is 0 Å². The van der Waals surface area contributed by atoms with Gasteiger partial charge in [-0.1, -0.05) is 0 Å². The molecular formula is C10H9BrN2S. The molecule has 0 aliphatic carbocycles. The number of nitrogens with one attached hydrogen (secondary N) is 1. The van der Waals surface area contributed by atoms with Crippen molar-refractivity contribution in [2.24, 2.45) is 0 Å². The molecule has 4 heteroatoms. The van der Waals surface area contributed by atoms with Gasteiger partial charge in [-0.05, 0) is 39.5 Å². The lowest BCUT2D eigenvalue weighted by molar-refractivity contribution is 1.17. The zero-order valence-corrected chi connectivity index (χ0v) is 9.81. The van der Waals surface area contributed by atoms with E-state index in [4.69, 9.17) is 0 Å². The van der Waals surface area contributed by atoms with Crippen LogP contribution in [0.4, 0.5) is 5.69 Å². The Bertz CT molecular complexity index is 400. The molecule has 2 nitrogen and oxygen atoms in total. The molecule has 0 bridgehead atoms. The third-order valence-electron chi connectivity index (χ3n) is 1.82. The molecule has 14 heavy (non-hydrogen) atoms. The van der Waals surface area contributed by atoms with Crippen LogP contribution >= 0.6 is 27.3 Å². The van der Waals surface area contributed by atoms with E-state index in [0.29, 0.717) is 0 Å². The number of hydrogen-bond donors (Lipinski definition) is 1. The molecule has 72 valence electrons. The minimum atomic E-state index is 0.849. The van der Waals surface area contributed by atoms with Gasteiger partial charge in [0.1, 0.15) is 0 Å². The minimum absolute atomic E-state index is 0.849. The Kier molecular flexibility index (Phi) is 3.16. The molecule has 2 heterocycles. The van der Waals surface area contributed by atoms with E-state index in [2.05, 4.69) is 37.7 Å². The fraction of sp³-hybridized carbons (Fsp3) is 0.100. The van der Waals surface area contributed by atoms with Crippen molar-refractivity contribution >= 4 is 33.0 Å². The first-order valence-electron chi connectivity index (χ1n) is 4.22. The van der Waals surface area contributed by atoms with Gasteiger partial charge in [0, 0.05) is 27.4 Å². The van der Waals surface area contributed by atoms with Gasteiger partial charge in [-0.25, -0.2) is 0 Å². The molecule has 0 saturated heterocycles. The minimum Gasteiger partial charge on any atom is -0.380 e. The number of halogens is 1. The van der Waals surface area contributed by atoms with Crippen LogP contribution in [0.1, 0.15) is 4.88 Å². The molecule has 1 N–H and O–H groups in total. The molecule has 0 amide bonds. The van der Waals surface area contributed by atoms with Crippen molar-refractivity contribution in [3.8, 4) is 0 Å². The van der Waals surface area contributed by atoms with Gasteiger partial charge in [-0.2, -0.15) is 0 Å². The van der Waals surface area contributed by atoms with Crippen LogP contribution in [0.3, 0.4) is 0 Å². The molecule has 0 aromatic carbocycles. The standard InChI is InChI=1S/C10H9BrN2S/c11-9-3-6-14-10(9)7-13-8-1-4-12-5-2-8/h1-6H,7H2,(H,12,13). The number of rotatable bonds is 3. The summed E-state index contributed by atoms with van der Waals surface area (Å²) in [5, 5.41) is 5.41. The maximum absolute atomic E-state index is 3.96. The van der Waals surface area contributed by atoms with Gasteiger partial charge in [0.15, 0.2) is 0 Å². The summed E-state index contributed by atoms with van der Waals surface area (Å²) in [4.78, 5) is 5.27. The van der Waals surface area contributed by atoms with Crippen molar-refractivity contribution in [2.45, 2.75) is 6.54 Å². The van der Waals surface area contributed by atoms with Gasteiger partial charge in [0.2, 0.25) is 0 Å². The average Bonchev–Trinajstić information content (AvgIpc) is 2.63. The first-order valence-corrected chi connectivity index (χ1v) is 5.89. The summed E-state index contributed by atoms with van der Waals surface area (Å²) in [5.41, 5.74) is 1.10. The summed E-state index contributed by atoms with van der Waals surface area (Å²) in [6.07, 6.45) is 3.57. The molecule has 0 radical (unpaired) electrons. The van der Waals surface area contributed by atoms with E-state index < -0.39 is 0 Å². The van der Waals surface area contributed by atoms with E-state index in [0.717, 1.165) is 12.2 Å². The third-order valence-corrected chi connectivity index (χ3v) is 3.75. The number of aromatic nitrogens is 1. The first-order chi connectivity index (χ1) is 6.86. The van der Waals surface area contributed by atoms with Crippen molar-refractivity contribution < 1.29 is 0 Å². The van der Waals surface area contributed by atoms with Crippen LogP contribution < -0.4 is 5.32 Å². The van der Waals surface area contributed by atoms with E-state index in [1.807, 2.05) is 12.1 Å². The highest BCUT2D eigenvalue weighted by molar-refractivity contribution is 9.10. The third kappa shape index (κ3) is 2.33. The fourth-order valence-electron chi connectivity index (χ4n) is 1.10. The lowest BCUT2D eigenvalue weighted by Crippen LogP contribution is -1.97. The summed E-state index contributed by atoms with van der Waals surface area (Å²) in [6, 6.07) is 5.98. The summed E-state index contributed by atoms with van der Waals surface area (Å²) in [5.74, 6) is 0. The molecule has 0 atom stereocenters. The second kappa shape index (κ2) is 4.57. The van der Waals surface area contributed by atoms with E-state index in [1.165, 1.54) is 9.35 Å². The SMILES string of the molecule is Brc1ccsc1CNc1ccncc1. The highest BCUT2D eigenvalue weighted by atomic mass is 79.9. The Morgan fingerprint density at radius 2 is 2.07 bits per heavy atom. The van der Waals surface area contributed by atoms with Crippen LogP contribution in [0.25, 0.3) is 0 Å². The number of anilines is 1. The molecule has 0 aliphatic heterocycles. The van der Waals surface area contributed by atoms with E-state index in [9.17, 15) is 0 Å². The molecule has 2 aromatic rings. The lowest BCUT2D eigenvalue weighted by atomic mass is 10.4. The predicted octanol–water partition coefficient (Wildman–Crippen LogP) is 3.52. The zero-order chi connectivity index (χ0) is 9.80. The molecule has 0 saturated carbocycles. The van der Waals surface area contributed by atoms with Gasteiger partial charge in [0.25, 0.3) is 0 Å². The van der Waals surface area contributed by atoms with Gasteiger partial charge in [-0.15, -0.1) is 11.3 Å². The first kappa shape index (κ1) is 9.68. The van der Waals surface area contributed by atoms with Crippen molar-refractivity contribution in [3.63, 3.8) is 0 Å². The Labute approximate surface area is 95.1 Å². The second-order valence-corrected chi connectivity index (χ2v) is 4.64. The van der Waals surface area contributed by atoms with Crippen LogP contribution in [0.2, 0.25) is 0 Å². The number of hydrogen-bond acceptors (Lipinski definition) is 3. The molecule has 0 fully saturated rings. The summed E-state index contributed by atoms with van der Waals surface area (Å²) >= 11 is 5.24. The van der Waals surface area contributed by atoms with Gasteiger partial charge < -0.3 is 5.32 Å². The monoisotopic (exact) mass is 268 g/mol. The summed E-state index contributed by atoms with van der Waals surface area (Å²) in [6.45, 7) is 0.849. The predicted molar refractivity (Wildman–Crippen MR) is 63.6 cm³/mol. The van der Waals surface area contributed by atoms with Crippen molar-refractivity contribution in [2.75, 3.05) is 5.32 Å². The Balaban J connectivity index is 1.99. The largest absolute Gasteiger partial charge is 0.380 e. The van der Waals surface area contributed by atoms with Crippen molar-refractivity contribution in [3.05, 3.63) is 45.3 Å². The van der Waals surface area contributed by atoms with E-state index in [-0.39, 0.29) is 0 Å². The maximum atomic E-state index is 3.96. The maximum Gasteiger partial charge on any atom is 0.0505 e. The van der Waals surface area contributed by atoms with Gasteiger partial charge >= 0.3 is 0 Å². The van der Waals surface area contributed by atoms with Gasteiger partial charge in [-0.3, -0.25) is 4.98 Å². The van der Waals surface area contributed by atoms with Crippen molar-refractivity contribution in [1.29, 1.82) is 0 Å².